The molecule has 1 fully saturated rings. The molecule has 0 saturated heterocycles. The second kappa shape index (κ2) is 9.19. The van der Waals surface area contributed by atoms with Crippen LogP contribution in [-0.4, -0.2) is 22.2 Å². The maximum absolute atomic E-state index is 13.4. The maximum Gasteiger partial charge on any atom is 0.101 e. The normalized spacial score (nSPS) is 24.0. The van der Waals surface area contributed by atoms with Gasteiger partial charge in [-0.25, -0.2) is 4.39 Å². The molecule has 3 unspecified atom stereocenters. The molecule has 1 aromatic heterocycles. The molecule has 0 aliphatic heterocycles. The second-order valence-corrected chi connectivity index (χ2v) is 10.7. The lowest BCUT2D eigenvalue weighted by Crippen LogP contribution is -2.28. The molecule has 1 aromatic carbocycles. The zero-order chi connectivity index (χ0) is 19.4. The number of halogens is 2. The Morgan fingerprint density at radius 3 is 2.85 bits per heavy atom. The third-order valence-electron chi connectivity index (χ3n) is 5.18. The Morgan fingerprint density at radius 2 is 2.15 bits per heavy atom. The van der Waals surface area contributed by atoms with Crippen LogP contribution in [0.2, 0.25) is 5.02 Å². The van der Waals surface area contributed by atoms with E-state index in [9.17, 15) is 4.39 Å². The first kappa shape index (κ1) is 21.0. The number of hydrogen-bond donors (Lipinski definition) is 0. The SMILES string of the molecule is CSc1cnc(C2CCCC(C)(Sc3cccc(CC(C)F)c3)C2)c(Cl)c1. The van der Waals surface area contributed by atoms with E-state index in [1.807, 2.05) is 42.4 Å². The van der Waals surface area contributed by atoms with Crippen molar-refractivity contribution < 1.29 is 4.39 Å². The van der Waals surface area contributed by atoms with Crippen LogP contribution in [0.25, 0.3) is 0 Å². The molecule has 27 heavy (non-hydrogen) atoms. The number of aromatic nitrogens is 1. The monoisotopic (exact) mass is 423 g/mol. The van der Waals surface area contributed by atoms with Crippen LogP contribution in [0.3, 0.4) is 0 Å². The smallest absolute Gasteiger partial charge is 0.101 e. The number of rotatable bonds is 6. The van der Waals surface area contributed by atoms with E-state index in [1.54, 1.807) is 18.7 Å². The fraction of sp³-hybridized carbons (Fsp3) is 0.500. The highest BCUT2D eigenvalue weighted by atomic mass is 35.5. The average Bonchev–Trinajstić information content (AvgIpc) is 2.61. The third-order valence-corrected chi connectivity index (χ3v) is 7.53. The first-order valence-corrected chi connectivity index (χ1v) is 11.9. The fourth-order valence-corrected chi connectivity index (χ4v) is 6.20. The summed E-state index contributed by atoms with van der Waals surface area (Å²) in [5, 5.41) is 0.792. The number of nitrogens with zero attached hydrogens (tertiary/aromatic N) is 1. The van der Waals surface area contributed by atoms with E-state index >= 15 is 0 Å². The molecule has 0 bridgehead atoms. The molecule has 1 aliphatic rings. The van der Waals surface area contributed by atoms with Crippen molar-refractivity contribution in [3.05, 3.63) is 52.8 Å². The van der Waals surface area contributed by atoms with Crippen molar-refractivity contribution in [3.63, 3.8) is 0 Å². The minimum Gasteiger partial charge on any atom is -0.258 e. The molecule has 0 N–H and O–H groups in total. The van der Waals surface area contributed by atoms with Gasteiger partial charge in [-0.2, -0.15) is 0 Å². The Bertz CT molecular complexity index is 783. The standard InChI is InChI=1S/C22H27ClFNS2/c1-15(24)10-16-6-4-8-18(11-16)27-22(2)9-5-7-17(13-22)21-20(23)12-19(26-3)14-25-21/h4,6,8,11-12,14-15,17H,5,7,9-10,13H2,1-3H3. The number of pyridine rings is 1. The highest BCUT2D eigenvalue weighted by Gasteiger charge is 2.35. The van der Waals surface area contributed by atoms with Gasteiger partial charge in [0.2, 0.25) is 0 Å². The van der Waals surface area contributed by atoms with Crippen LogP contribution in [0.4, 0.5) is 4.39 Å². The summed E-state index contributed by atoms with van der Waals surface area (Å²) < 4.78 is 13.5. The molecule has 0 amide bonds. The van der Waals surface area contributed by atoms with Crippen molar-refractivity contribution >= 4 is 35.1 Å². The predicted molar refractivity (Wildman–Crippen MR) is 117 cm³/mol. The number of hydrogen-bond acceptors (Lipinski definition) is 3. The van der Waals surface area contributed by atoms with Crippen LogP contribution in [0.1, 0.15) is 56.7 Å². The summed E-state index contributed by atoms with van der Waals surface area (Å²) in [7, 11) is 0. The van der Waals surface area contributed by atoms with Gasteiger partial charge < -0.3 is 0 Å². The van der Waals surface area contributed by atoms with Crippen molar-refractivity contribution in [1.29, 1.82) is 0 Å². The minimum absolute atomic E-state index is 0.145. The van der Waals surface area contributed by atoms with E-state index in [0.717, 1.165) is 34.0 Å². The molecule has 146 valence electrons. The number of alkyl halides is 1. The molecule has 1 nitrogen and oxygen atoms in total. The van der Waals surface area contributed by atoms with Gasteiger partial charge in [0.25, 0.3) is 0 Å². The molecule has 1 heterocycles. The number of thioether (sulfide) groups is 2. The first-order chi connectivity index (χ1) is 12.9. The summed E-state index contributed by atoms with van der Waals surface area (Å²) in [6.45, 7) is 3.96. The summed E-state index contributed by atoms with van der Waals surface area (Å²) in [4.78, 5) is 7.03. The maximum atomic E-state index is 13.4. The van der Waals surface area contributed by atoms with Gasteiger partial charge in [-0.3, -0.25) is 4.98 Å². The van der Waals surface area contributed by atoms with E-state index in [2.05, 4.69) is 24.0 Å². The summed E-state index contributed by atoms with van der Waals surface area (Å²) in [5.74, 6) is 0.397. The van der Waals surface area contributed by atoms with Gasteiger partial charge in [-0.15, -0.1) is 23.5 Å². The molecule has 1 aliphatic carbocycles. The van der Waals surface area contributed by atoms with Crippen molar-refractivity contribution in [2.24, 2.45) is 0 Å². The quantitative estimate of drug-likeness (QED) is 0.444. The molecule has 0 radical (unpaired) electrons. The number of benzene rings is 1. The highest BCUT2D eigenvalue weighted by molar-refractivity contribution is 8.00. The summed E-state index contributed by atoms with van der Waals surface area (Å²) in [6.07, 6.45) is 8.21. The lowest BCUT2D eigenvalue weighted by Gasteiger charge is -2.38. The lowest BCUT2D eigenvalue weighted by molar-refractivity contribution is 0.360. The van der Waals surface area contributed by atoms with E-state index in [-0.39, 0.29) is 4.75 Å². The van der Waals surface area contributed by atoms with Crippen LogP contribution in [0.5, 0.6) is 0 Å². The van der Waals surface area contributed by atoms with Crippen LogP contribution >= 0.6 is 35.1 Å². The Labute approximate surface area is 175 Å². The third kappa shape index (κ3) is 5.65. The van der Waals surface area contributed by atoms with Gasteiger partial charge in [0.05, 0.1) is 10.7 Å². The Balaban J connectivity index is 1.74. The zero-order valence-corrected chi connectivity index (χ0v) is 18.6. The predicted octanol–water partition coefficient (Wildman–Crippen LogP) is 7.57. The fourth-order valence-electron chi connectivity index (χ4n) is 3.96. The largest absolute Gasteiger partial charge is 0.258 e. The van der Waals surface area contributed by atoms with Gasteiger partial charge in [-0.05, 0) is 56.2 Å². The van der Waals surface area contributed by atoms with E-state index in [4.69, 9.17) is 11.6 Å². The van der Waals surface area contributed by atoms with Gasteiger partial charge in [0.1, 0.15) is 6.17 Å². The van der Waals surface area contributed by atoms with Gasteiger partial charge in [0.15, 0.2) is 0 Å². The zero-order valence-electron chi connectivity index (χ0n) is 16.2. The molecule has 5 heteroatoms. The highest BCUT2D eigenvalue weighted by Crippen LogP contribution is 2.49. The molecule has 0 spiro atoms. The first-order valence-electron chi connectivity index (χ1n) is 9.50. The molecule has 1 saturated carbocycles. The molecular formula is C22H27ClFNS2. The Kier molecular flexibility index (Phi) is 7.15. The van der Waals surface area contributed by atoms with Crippen molar-refractivity contribution in [1.82, 2.24) is 4.98 Å². The van der Waals surface area contributed by atoms with E-state index in [0.29, 0.717) is 12.3 Å². The molecule has 3 atom stereocenters. The summed E-state index contributed by atoms with van der Waals surface area (Å²) >= 11 is 10.1. The Morgan fingerprint density at radius 1 is 1.33 bits per heavy atom. The topological polar surface area (TPSA) is 12.9 Å². The van der Waals surface area contributed by atoms with E-state index < -0.39 is 6.17 Å². The second-order valence-electron chi connectivity index (χ2n) is 7.72. The summed E-state index contributed by atoms with van der Waals surface area (Å²) in [6, 6.07) is 10.4. The molecular weight excluding hydrogens is 397 g/mol. The van der Waals surface area contributed by atoms with E-state index in [1.165, 1.54) is 17.7 Å². The van der Waals surface area contributed by atoms with Crippen molar-refractivity contribution in [3.8, 4) is 0 Å². The summed E-state index contributed by atoms with van der Waals surface area (Å²) in [5.41, 5.74) is 2.12. The molecule has 3 rings (SSSR count). The minimum atomic E-state index is -0.808. The van der Waals surface area contributed by atoms with Crippen LogP contribution in [0, 0.1) is 0 Å². The van der Waals surface area contributed by atoms with Gasteiger partial charge in [-0.1, -0.05) is 37.1 Å². The average molecular weight is 424 g/mol. The van der Waals surface area contributed by atoms with Crippen LogP contribution in [-0.2, 0) is 6.42 Å². The van der Waals surface area contributed by atoms with Crippen LogP contribution in [0.15, 0.2) is 46.3 Å². The van der Waals surface area contributed by atoms with Crippen molar-refractivity contribution in [2.75, 3.05) is 6.26 Å². The van der Waals surface area contributed by atoms with Crippen molar-refractivity contribution in [2.45, 2.75) is 72.6 Å². The molecule has 2 aromatic rings. The lowest BCUT2D eigenvalue weighted by atomic mass is 9.80. The van der Waals surface area contributed by atoms with Gasteiger partial charge in [0, 0.05) is 33.1 Å². The van der Waals surface area contributed by atoms with Crippen LogP contribution < -0.4 is 0 Å². The Hall–Kier alpha value is -0.710. The van der Waals surface area contributed by atoms with Gasteiger partial charge >= 0.3 is 0 Å².